The van der Waals surface area contributed by atoms with E-state index in [9.17, 15) is 9.59 Å². The number of halogens is 1. The standard InChI is InChI=1S/C25H27ClN2O4/c1-25(2,3)32-23(29)14-31-22-13-16-7-5-4-6-15(16)11-20(22)28-24(30)21-12-17-10-18(26)8-9-19(17)27-21/h4-10,12,20,22,27H,11,13-14H2,1-3H3,(H,28,30)/t20-,22-/m0/s1. The van der Waals surface area contributed by atoms with Crippen LogP contribution < -0.4 is 5.32 Å². The number of hydrogen-bond acceptors (Lipinski definition) is 4. The molecule has 0 unspecified atom stereocenters. The lowest BCUT2D eigenvalue weighted by molar-refractivity contribution is -0.162. The van der Waals surface area contributed by atoms with Crippen molar-refractivity contribution in [2.75, 3.05) is 6.61 Å². The van der Waals surface area contributed by atoms with Crippen LogP contribution in [0.1, 0.15) is 42.4 Å². The lowest BCUT2D eigenvalue weighted by Crippen LogP contribution is -2.50. The van der Waals surface area contributed by atoms with Gasteiger partial charge in [0.15, 0.2) is 0 Å². The largest absolute Gasteiger partial charge is 0.458 e. The van der Waals surface area contributed by atoms with Gasteiger partial charge in [-0.25, -0.2) is 4.79 Å². The maximum Gasteiger partial charge on any atom is 0.332 e. The van der Waals surface area contributed by atoms with Crippen LogP contribution in [0.2, 0.25) is 5.02 Å². The molecule has 1 aromatic heterocycles. The number of benzene rings is 2. The maximum absolute atomic E-state index is 13.0. The molecule has 7 heteroatoms. The number of nitrogens with one attached hydrogen (secondary N) is 2. The van der Waals surface area contributed by atoms with Crippen LogP contribution in [0.25, 0.3) is 10.9 Å². The zero-order chi connectivity index (χ0) is 22.9. The summed E-state index contributed by atoms with van der Waals surface area (Å²) in [6.07, 6.45) is 0.874. The third-order valence-corrected chi connectivity index (χ3v) is 5.64. The Morgan fingerprint density at radius 1 is 1.09 bits per heavy atom. The van der Waals surface area contributed by atoms with E-state index in [1.165, 1.54) is 5.56 Å². The lowest BCUT2D eigenvalue weighted by Gasteiger charge is -2.33. The first-order valence-electron chi connectivity index (χ1n) is 10.7. The average Bonchev–Trinajstić information content (AvgIpc) is 3.14. The van der Waals surface area contributed by atoms with Gasteiger partial charge in [-0.1, -0.05) is 35.9 Å². The van der Waals surface area contributed by atoms with Gasteiger partial charge in [0.2, 0.25) is 0 Å². The van der Waals surface area contributed by atoms with Crippen molar-refractivity contribution in [1.82, 2.24) is 10.3 Å². The summed E-state index contributed by atoms with van der Waals surface area (Å²) in [4.78, 5) is 28.3. The van der Waals surface area contributed by atoms with E-state index < -0.39 is 11.6 Å². The fourth-order valence-corrected chi connectivity index (χ4v) is 4.20. The third kappa shape index (κ3) is 5.31. The first-order chi connectivity index (χ1) is 15.2. The highest BCUT2D eigenvalue weighted by Crippen LogP contribution is 2.25. The highest BCUT2D eigenvalue weighted by atomic mass is 35.5. The third-order valence-electron chi connectivity index (χ3n) is 5.41. The van der Waals surface area contributed by atoms with Crippen LogP contribution in [-0.4, -0.2) is 41.2 Å². The van der Waals surface area contributed by atoms with Crippen molar-refractivity contribution < 1.29 is 19.1 Å². The molecule has 2 aromatic carbocycles. The second-order valence-electron chi connectivity index (χ2n) is 9.11. The number of fused-ring (bicyclic) bond motifs is 2. The highest BCUT2D eigenvalue weighted by molar-refractivity contribution is 6.31. The lowest BCUT2D eigenvalue weighted by atomic mass is 9.86. The van der Waals surface area contributed by atoms with Crippen molar-refractivity contribution in [1.29, 1.82) is 0 Å². The number of rotatable bonds is 5. The quantitative estimate of drug-likeness (QED) is 0.558. The minimum absolute atomic E-state index is 0.165. The molecule has 2 atom stereocenters. The van der Waals surface area contributed by atoms with E-state index >= 15 is 0 Å². The zero-order valence-electron chi connectivity index (χ0n) is 18.4. The molecule has 1 amide bonds. The van der Waals surface area contributed by atoms with Gasteiger partial charge in [0.1, 0.15) is 17.9 Å². The molecular weight excluding hydrogens is 428 g/mol. The molecule has 1 aliphatic carbocycles. The van der Waals surface area contributed by atoms with E-state index in [-0.39, 0.29) is 24.7 Å². The van der Waals surface area contributed by atoms with Crippen LogP contribution in [0.4, 0.5) is 0 Å². The topological polar surface area (TPSA) is 80.4 Å². The van der Waals surface area contributed by atoms with E-state index in [2.05, 4.69) is 22.4 Å². The first-order valence-corrected chi connectivity index (χ1v) is 11.0. The van der Waals surface area contributed by atoms with Gasteiger partial charge in [-0.05, 0) is 62.6 Å². The zero-order valence-corrected chi connectivity index (χ0v) is 19.2. The van der Waals surface area contributed by atoms with Gasteiger partial charge in [-0.3, -0.25) is 4.79 Å². The van der Waals surface area contributed by atoms with E-state index in [0.717, 1.165) is 16.5 Å². The van der Waals surface area contributed by atoms with Crippen LogP contribution in [0.3, 0.4) is 0 Å². The van der Waals surface area contributed by atoms with Crippen molar-refractivity contribution in [2.45, 2.75) is 51.4 Å². The summed E-state index contributed by atoms with van der Waals surface area (Å²) in [6, 6.07) is 15.0. The monoisotopic (exact) mass is 454 g/mol. The van der Waals surface area contributed by atoms with Crippen molar-refractivity contribution in [3.8, 4) is 0 Å². The van der Waals surface area contributed by atoms with Crippen LogP contribution >= 0.6 is 11.6 Å². The minimum Gasteiger partial charge on any atom is -0.458 e. The van der Waals surface area contributed by atoms with Crippen LogP contribution in [-0.2, 0) is 27.1 Å². The van der Waals surface area contributed by atoms with Gasteiger partial charge in [0, 0.05) is 22.3 Å². The Hall–Kier alpha value is -2.83. The Morgan fingerprint density at radius 3 is 2.53 bits per heavy atom. The molecule has 3 aromatic rings. The van der Waals surface area contributed by atoms with Crippen LogP contribution in [0.15, 0.2) is 48.5 Å². The predicted octanol–water partition coefficient (Wildman–Crippen LogP) is 4.45. The predicted molar refractivity (Wildman–Crippen MR) is 124 cm³/mol. The van der Waals surface area contributed by atoms with Crippen molar-refractivity contribution >= 4 is 34.4 Å². The number of carbonyl (C=O) groups excluding carboxylic acids is 2. The van der Waals surface area contributed by atoms with E-state index in [1.807, 2.05) is 45.0 Å². The summed E-state index contributed by atoms with van der Waals surface area (Å²) in [5, 5.41) is 4.58. The molecule has 32 heavy (non-hydrogen) atoms. The number of amides is 1. The maximum atomic E-state index is 13.0. The first kappa shape index (κ1) is 22.4. The van der Waals surface area contributed by atoms with Gasteiger partial charge in [-0.2, -0.15) is 0 Å². The molecule has 0 aliphatic heterocycles. The molecule has 0 saturated heterocycles. The number of H-pyrrole nitrogens is 1. The Kier molecular flexibility index (Phi) is 6.26. The molecule has 2 N–H and O–H groups in total. The van der Waals surface area contributed by atoms with Gasteiger partial charge in [0.05, 0.1) is 12.1 Å². The number of hydrogen-bond donors (Lipinski definition) is 2. The molecule has 0 spiro atoms. The molecule has 168 valence electrons. The summed E-state index contributed by atoms with van der Waals surface area (Å²) in [6.45, 7) is 5.29. The molecule has 1 aliphatic rings. The normalized spacial score (nSPS) is 18.2. The summed E-state index contributed by atoms with van der Waals surface area (Å²) >= 11 is 6.06. The molecule has 0 fully saturated rings. The average molecular weight is 455 g/mol. The number of ether oxygens (including phenoxy) is 2. The fraction of sp³-hybridized carbons (Fsp3) is 0.360. The molecular formula is C25H27ClN2O4. The number of aromatic nitrogens is 1. The summed E-state index contributed by atoms with van der Waals surface area (Å²) in [5.74, 6) is -0.651. The second-order valence-corrected chi connectivity index (χ2v) is 9.54. The summed E-state index contributed by atoms with van der Waals surface area (Å²) < 4.78 is 11.3. The van der Waals surface area contributed by atoms with Crippen molar-refractivity contribution in [3.05, 3.63) is 70.4 Å². The minimum atomic E-state index is -0.578. The molecule has 1 heterocycles. The van der Waals surface area contributed by atoms with Crippen molar-refractivity contribution in [2.24, 2.45) is 0 Å². The van der Waals surface area contributed by atoms with Crippen LogP contribution in [0, 0.1) is 0 Å². The molecule has 4 rings (SSSR count). The van der Waals surface area contributed by atoms with Gasteiger partial charge in [-0.15, -0.1) is 0 Å². The molecule has 0 radical (unpaired) electrons. The van der Waals surface area contributed by atoms with E-state index in [1.54, 1.807) is 12.1 Å². The molecule has 6 nitrogen and oxygen atoms in total. The van der Waals surface area contributed by atoms with Gasteiger partial charge in [0.25, 0.3) is 5.91 Å². The van der Waals surface area contributed by atoms with E-state index in [4.69, 9.17) is 21.1 Å². The molecule has 0 bridgehead atoms. The smallest absolute Gasteiger partial charge is 0.332 e. The molecule has 0 saturated carbocycles. The highest BCUT2D eigenvalue weighted by Gasteiger charge is 2.32. The van der Waals surface area contributed by atoms with Crippen molar-refractivity contribution in [3.63, 3.8) is 0 Å². The Bertz CT molecular complexity index is 1150. The van der Waals surface area contributed by atoms with Crippen LogP contribution in [0.5, 0.6) is 0 Å². The van der Waals surface area contributed by atoms with Gasteiger partial charge >= 0.3 is 5.97 Å². The summed E-state index contributed by atoms with van der Waals surface area (Å²) in [5.41, 5.74) is 3.04. The van der Waals surface area contributed by atoms with Gasteiger partial charge < -0.3 is 19.8 Å². The number of aromatic amines is 1. The Balaban J connectivity index is 1.50. The number of esters is 1. The Labute approximate surface area is 192 Å². The second kappa shape index (κ2) is 8.96. The Morgan fingerprint density at radius 2 is 1.81 bits per heavy atom. The van der Waals surface area contributed by atoms with E-state index in [0.29, 0.717) is 23.6 Å². The number of carbonyl (C=O) groups is 2. The fourth-order valence-electron chi connectivity index (χ4n) is 4.02. The SMILES string of the molecule is CC(C)(C)OC(=O)CO[C@H]1Cc2ccccc2C[C@@H]1NC(=O)c1cc2cc(Cl)ccc2[nH]1. The summed E-state index contributed by atoms with van der Waals surface area (Å²) in [7, 11) is 0.